The largest absolute Gasteiger partial charge is 0.494 e. The van der Waals surface area contributed by atoms with E-state index in [0.717, 1.165) is 17.7 Å². The van der Waals surface area contributed by atoms with Crippen molar-refractivity contribution in [1.82, 2.24) is 4.57 Å². The van der Waals surface area contributed by atoms with E-state index in [2.05, 4.69) is 11.9 Å². The minimum Gasteiger partial charge on any atom is -0.494 e. The van der Waals surface area contributed by atoms with Crippen LogP contribution in [0.25, 0.3) is 6.08 Å². The third-order valence-electron chi connectivity index (χ3n) is 5.74. The highest BCUT2D eigenvalue weighted by atomic mass is 32.1. The molecule has 37 heavy (non-hydrogen) atoms. The zero-order valence-corrected chi connectivity index (χ0v) is 22.6. The predicted octanol–water partition coefficient (Wildman–Crippen LogP) is 4.37. The van der Waals surface area contributed by atoms with Gasteiger partial charge in [-0.15, -0.1) is 0 Å². The fourth-order valence-electron chi connectivity index (χ4n) is 4.19. The molecule has 1 aliphatic rings. The first kappa shape index (κ1) is 26.4. The maximum Gasteiger partial charge on any atom is 0.338 e. The quantitative estimate of drug-likeness (QED) is 0.392. The third-order valence-corrected chi connectivity index (χ3v) is 6.73. The van der Waals surface area contributed by atoms with Crippen LogP contribution in [-0.4, -0.2) is 29.9 Å². The van der Waals surface area contributed by atoms with Gasteiger partial charge in [0.25, 0.3) is 5.56 Å². The topological polar surface area (TPSA) is 79.1 Å². The first-order chi connectivity index (χ1) is 17.8. The van der Waals surface area contributed by atoms with Crippen molar-refractivity contribution < 1.29 is 19.0 Å². The Labute approximate surface area is 220 Å². The maximum absolute atomic E-state index is 13.8. The van der Waals surface area contributed by atoms with E-state index in [0.29, 0.717) is 38.5 Å². The van der Waals surface area contributed by atoms with E-state index in [4.69, 9.17) is 14.2 Å². The van der Waals surface area contributed by atoms with Gasteiger partial charge in [0.1, 0.15) is 17.5 Å². The summed E-state index contributed by atoms with van der Waals surface area (Å²) < 4.78 is 19.2. The van der Waals surface area contributed by atoms with Gasteiger partial charge < -0.3 is 14.2 Å². The molecule has 1 atom stereocenters. The second-order valence-corrected chi connectivity index (χ2v) is 9.93. The highest BCUT2D eigenvalue weighted by molar-refractivity contribution is 7.07. The molecular formula is C29H32N2O5S. The molecule has 0 amide bonds. The zero-order chi connectivity index (χ0) is 26.5. The van der Waals surface area contributed by atoms with E-state index >= 15 is 0 Å². The third kappa shape index (κ3) is 5.69. The number of allylic oxidation sites excluding steroid dienone is 1. The second-order valence-electron chi connectivity index (χ2n) is 8.92. The highest BCUT2D eigenvalue weighted by Crippen LogP contribution is 2.36. The Morgan fingerprint density at radius 2 is 1.86 bits per heavy atom. The lowest BCUT2D eigenvalue weighted by Crippen LogP contribution is -2.40. The Morgan fingerprint density at radius 3 is 2.54 bits per heavy atom. The molecule has 2 aromatic carbocycles. The van der Waals surface area contributed by atoms with Crippen molar-refractivity contribution in [2.24, 2.45) is 4.99 Å². The van der Waals surface area contributed by atoms with Gasteiger partial charge in [-0.25, -0.2) is 9.79 Å². The Kier molecular flexibility index (Phi) is 8.28. The fraction of sp³-hybridized carbons (Fsp3) is 0.345. The van der Waals surface area contributed by atoms with Gasteiger partial charge in [0.15, 0.2) is 4.80 Å². The van der Waals surface area contributed by atoms with Crippen LogP contribution in [0.2, 0.25) is 0 Å². The Hall–Kier alpha value is -3.65. The molecule has 0 saturated heterocycles. The molecule has 4 rings (SSSR count). The Balaban J connectivity index is 1.88. The average Bonchev–Trinajstić information content (AvgIpc) is 3.17. The molecule has 8 heteroatoms. The number of carbonyl (C=O) groups is 1. The lowest BCUT2D eigenvalue weighted by molar-refractivity contribution is -0.139. The summed E-state index contributed by atoms with van der Waals surface area (Å²) in [4.78, 5) is 32.1. The molecule has 1 aromatic heterocycles. The number of fused-ring (bicyclic) bond motifs is 1. The number of aromatic nitrogens is 1. The average molecular weight is 521 g/mol. The molecule has 3 aromatic rings. The minimum absolute atomic E-state index is 0.0858. The van der Waals surface area contributed by atoms with Crippen LogP contribution in [0.15, 0.2) is 69.6 Å². The van der Waals surface area contributed by atoms with Crippen molar-refractivity contribution in [2.45, 2.75) is 53.2 Å². The summed E-state index contributed by atoms with van der Waals surface area (Å²) in [5.74, 6) is 0.901. The minimum atomic E-state index is -0.725. The molecule has 7 nitrogen and oxygen atoms in total. The fourth-order valence-corrected chi connectivity index (χ4v) is 5.23. The maximum atomic E-state index is 13.8. The molecule has 0 aliphatic carbocycles. The van der Waals surface area contributed by atoms with Gasteiger partial charge in [-0.3, -0.25) is 9.36 Å². The molecule has 0 N–H and O–H groups in total. The van der Waals surface area contributed by atoms with E-state index in [-0.39, 0.29) is 18.3 Å². The van der Waals surface area contributed by atoms with Crippen LogP contribution >= 0.6 is 11.3 Å². The summed E-state index contributed by atoms with van der Waals surface area (Å²) >= 11 is 1.29. The van der Waals surface area contributed by atoms with Crippen LogP contribution in [0.4, 0.5) is 0 Å². The molecule has 1 aliphatic heterocycles. The van der Waals surface area contributed by atoms with Gasteiger partial charge in [-0.05, 0) is 64.0 Å². The van der Waals surface area contributed by atoms with Crippen molar-refractivity contribution in [3.8, 4) is 11.5 Å². The van der Waals surface area contributed by atoms with Crippen LogP contribution in [0.5, 0.6) is 11.5 Å². The lowest BCUT2D eigenvalue weighted by atomic mass is 9.95. The van der Waals surface area contributed by atoms with Crippen LogP contribution in [-0.2, 0) is 9.53 Å². The van der Waals surface area contributed by atoms with Crippen molar-refractivity contribution in [1.29, 1.82) is 0 Å². The van der Waals surface area contributed by atoms with Crippen LogP contribution in [0.1, 0.15) is 58.2 Å². The van der Waals surface area contributed by atoms with E-state index < -0.39 is 12.0 Å². The molecule has 0 bridgehead atoms. The first-order valence-electron chi connectivity index (χ1n) is 12.5. The number of thiazole rings is 1. The zero-order valence-electron chi connectivity index (χ0n) is 21.8. The van der Waals surface area contributed by atoms with Gasteiger partial charge in [-0.1, -0.05) is 48.6 Å². The number of rotatable bonds is 9. The van der Waals surface area contributed by atoms with Crippen LogP contribution in [0, 0.1) is 0 Å². The van der Waals surface area contributed by atoms with Gasteiger partial charge in [-0.2, -0.15) is 0 Å². The van der Waals surface area contributed by atoms with Crippen molar-refractivity contribution >= 4 is 23.4 Å². The van der Waals surface area contributed by atoms with E-state index in [1.165, 1.54) is 11.3 Å². The summed E-state index contributed by atoms with van der Waals surface area (Å²) in [6.45, 7) is 10.3. The number of carbonyl (C=O) groups excluding carboxylic acids is 1. The molecule has 0 spiro atoms. The second kappa shape index (κ2) is 11.6. The number of nitrogens with zero attached hydrogens (tertiary/aromatic N) is 2. The smallest absolute Gasteiger partial charge is 0.338 e. The van der Waals surface area contributed by atoms with Crippen LogP contribution in [0.3, 0.4) is 0 Å². The molecule has 0 saturated carbocycles. The van der Waals surface area contributed by atoms with Gasteiger partial charge in [0.2, 0.25) is 0 Å². The molecular weight excluding hydrogens is 488 g/mol. The Bertz CT molecular complexity index is 1480. The van der Waals surface area contributed by atoms with Crippen LogP contribution < -0.4 is 24.4 Å². The van der Waals surface area contributed by atoms with Gasteiger partial charge in [0.05, 0.1) is 35.1 Å². The first-order valence-corrected chi connectivity index (χ1v) is 13.3. The number of esters is 1. The van der Waals surface area contributed by atoms with E-state index in [1.807, 2.05) is 68.5 Å². The monoisotopic (exact) mass is 520 g/mol. The van der Waals surface area contributed by atoms with Gasteiger partial charge in [0, 0.05) is 5.56 Å². The highest BCUT2D eigenvalue weighted by Gasteiger charge is 2.35. The van der Waals surface area contributed by atoms with Crippen molar-refractivity contribution in [3.63, 3.8) is 0 Å². The number of hydrogen-bond donors (Lipinski definition) is 0. The summed E-state index contributed by atoms with van der Waals surface area (Å²) in [6, 6.07) is 14.4. The van der Waals surface area contributed by atoms with E-state index in [1.54, 1.807) is 18.4 Å². The normalized spacial score (nSPS) is 15.4. The molecule has 0 unspecified atom stereocenters. The summed E-state index contributed by atoms with van der Waals surface area (Å²) in [6.07, 6.45) is 2.69. The number of benzene rings is 2. The molecule has 0 fully saturated rings. The summed E-state index contributed by atoms with van der Waals surface area (Å²) in [5, 5.41) is 0. The molecule has 194 valence electrons. The Morgan fingerprint density at radius 1 is 1.14 bits per heavy atom. The SMILES string of the molecule is CCCOc1ccc(/C=c2\sc3n(c2=O)[C@@H](c2ccccc2OC(C)C)C(C(=O)OCC)=C(C)N=3)cc1. The standard InChI is InChI=1S/C29H32N2O5S/c1-6-16-35-21-14-12-20(13-15-21)17-24-27(32)31-26(22-10-8-9-11-23(22)36-18(3)4)25(28(33)34-7-2)19(5)30-29(31)37-24/h8-15,17-18,26H,6-7,16H2,1-5H3/b24-17-/t26-/m0/s1. The number of para-hydroxylation sites is 1. The molecule has 0 radical (unpaired) electrons. The predicted molar refractivity (Wildman–Crippen MR) is 145 cm³/mol. The number of ether oxygens (including phenoxy) is 3. The summed E-state index contributed by atoms with van der Waals surface area (Å²) in [5.41, 5.74) is 2.20. The van der Waals surface area contributed by atoms with Gasteiger partial charge >= 0.3 is 5.97 Å². The molecule has 2 heterocycles. The number of hydrogen-bond acceptors (Lipinski definition) is 7. The van der Waals surface area contributed by atoms with Crippen molar-refractivity contribution in [3.05, 3.63) is 90.6 Å². The lowest BCUT2D eigenvalue weighted by Gasteiger charge is -2.26. The summed E-state index contributed by atoms with van der Waals surface area (Å²) in [7, 11) is 0. The van der Waals surface area contributed by atoms with Crippen molar-refractivity contribution in [2.75, 3.05) is 13.2 Å². The van der Waals surface area contributed by atoms with E-state index in [9.17, 15) is 9.59 Å².